The predicted octanol–water partition coefficient (Wildman–Crippen LogP) is 3.63. The van der Waals surface area contributed by atoms with Gasteiger partial charge in [-0.15, -0.1) is 0 Å². The lowest BCUT2D eigenvalue weighted by atomic mass is 10.0. The molecular formula is C18H22ClN3O. The maximum atomic E-state index is 12.2. The SMILES string of the molecule is CCC1CCCCN1/C=C(/C#N)C(=O)NCc1ccc(Cl)cc1. The van der Waals surface area contributed by atoms with E-state index in [0.29, 0.717) is 17.6 Å². The Hall–Kier alpha value is -1.99. The number of rotatable bonds is 5. The van der Waals surface area contributed by atoms with E-state index in [0.717, 1.165) is 31.4 Å². The Bertz CT molecular complexity index is 604. The summed E-state index contributed by atoms with van der Waals surface area (Å²) in [6, 6.07) is 9.73. The molecule has 1 heterocycles. The first-order chi connectivity index (χ1) is 11.1. The average molecular weight is 332 g/mol. The van der Waals surface area contributed by atoms with Gasteiger partial charge in [0.15, 0.2) is 0 Å². The molecule has 1 saturated heterocycles. The zero-order chi connectivity index (χ0) is 16.7. The third kappa shape index (κ3) is 5.01. The van der Waals surface area contributed by atoms with E-state index < -0.39 is 0 Å². The molecule has 23 heavy (non-hydrogen) atoms. The summed E-state index contributed by atoms with van der Waals surface area (Å²) in [6.07, 6.45) is 6.20. The molecule has 0 saturated carbocycles. The van der Waals surface area contributed by atoms with Gasteiger partial charge in [0.1, 0.15) is 11.6 Å². The fraction of sp³-hybridized carbons (Fsp3) is 0.444. The van der Waals surface area contributed by atoms with E-state index in [2.05, 4.69) is 17.1 Å². The number of nitriles is 1. The van der Waals surface area contributed by atoms with Crippen LogP contribution in [0.15, 0.2) is 36.0 Å². The van der Waals surface area contributed by atoms with Gasteiger partial charge in [0.25, 0.3) is 5.91 Å². The number of nitrogens with zero attached hydrogens (tertiary/aromatic N) is 2. The van der Waals surface area contributed by atoms with Crippen molar-refractivity contribution in [1.29, 1.82) is 5.26 Å². The molecule has 1 amide bonds. The van der Waals surface area contributed by atoms with Crippen molar-refractivity contribution in [3.8, 4) is 6.07 Å². The molecule has 1 aliphatic heterocycles. The number of amides is 1. The molecule has 1 aromatic carbocycles. The third-order valence-electron chi connectivity index (χ3n) is 4.17. The van der Waals surface area contributed by atoms with Gasteiger partial charge in [-0.3, -0.25) is 4.79 Å². The van der Waals surface area contributed by atoms with Crippen molar-refractivity contribution in [2.45, 2.75) is 45.2 Å². The molecule has 0 aromatic heterocycles. The fourth-order valence-electron chi connectivity index (χ4n) is 2.82. The summed E-state index contributed by atoms with van der Waals surface area (Å²) >= 11 is 5.84. The molecule has 2 rings (SSSR count). The standard InChI is InChI=1S/C18H22ClN3O/c1-2-17-5-3-4-10-22(17)13-15(11-20)18(23)21-12-14-6-8-16(19)9-7-14/h6-9,13,17H,2-5,10,12H2,1H3,(H,21,23)/b15-13-. The van der Waals surface area contributed by atoms with Crippen LogP contribution in [-0.2, 0) is 11.3 Å². The minimum Gasteiger partial charge on any atom is -0.373 e. The van der Waals surface area contributed by atoms with Crippen LogP contribution in [0.5, 0.6) is 0 Å². The van der Waals surface area contributed by atoms with Crippen molar-refractivity contribution in [2.24, 2.45) is 0 Å². The molecule has 4 nitrogen and oxygen atoms in total. The van der Waals surface area contributed by atoms with E-state index >= 15 is 0 Å². The van der Waals surface area contributed by atoms with Gasteiger partial charge >= 0.3 is 0 Å². The number of carbonyl (C=O) groups excluding carboxylic acids is 1. The normalized spacial score (nSPS) is 18.4. The summed E-state index contributed by atoms with van der Waals surface area (Å²) < 4.78 is 0. The number of benzene rings is 1. The highest BCUT2D eigenvalue weighted by atomic mass is 35.5. The van der Waals surface area contributed by atoms with Crippen LogP contribution in [0.2, 0.25) is 5.02 Å². The Morgan fingerprint density at radius 3 is 2.83 bits per heavy atom. The number of hydrogen-bond acceptors (Lipinski definition) is 3. The quantitative estimate of drug-likeness (QED) is 0.662. The second-order valence-corrected chi connectivity index (χ2v) is 6.20. The molecule has 5 heteroatoms. The third-order valence-corrected chi connectivity index (χ3v) is 4.42. The minimum atomic E-state index is -0.331. The average Bonchev–Trinajstić information content (AvgIpc) is 2.59. The molecule has 1 N–H and O–H groups in total. The lowest BCUT2D eigenvalue weighted by Crippen LogP contribution is -2.36. The van der Waals surface area contributed by atoms with E-state index in [1.807, 2.05) is 18.2 Å². The number of hydrogen-bond donors (Lipinski definition) is 1. The number of nitrogens with one attached hydrogen (secondary N) is 1. The van der Waals surface area contributed by atoms with Gasteiger partial charge in [-0.2, -0.15) is 5.26 Å². The maximum absolute atomic E-state index is 12.2. The van der Waals surface area contributed by atoms with Gasteiger partial charge < -0.3 is 10.2 Å². The van der Waals surface area contributed by atoms with Crippen molar-refractivity contribution in [2.75, 3.05) is 6.54 Å². The second-order valence-electron chi connectivity index (χ2n) is 5.76. The maximum Gasteiger partial charge on any atom is 0.263 e. The Morgan fingerprint density at radius 1 is 1.43 bits per heavy atom. The molecule has 0 spiro atoms. The van der Waals surface area contributed by atoms with Crippen LogP contribution in [0.1, 0.15) is 38.2 Å². The van der Waals surface area contributed by atoms with Gasteiger partial charge in [-0.1, -0.05) is 30.7 Å². The smallest absolute Gasteiger partial charge is 0.263 e. The molecule has 0 radical (unpaired) electrons. The van der Waals surface area contributed by atoms with E-state index in [1.165, 1.54) is 6.42 Å². The highest BCUT2D eigenvalue weighted by Gasteiger charge is 2.20. The zero-order valence-electron chi connectivity index (χ0n) is 13.4. The lowest BCUT2D eigenvalue weighted by molar-refractivity contribution is -0.117. The van der Waals surface area contributed by atoms with Crippen LogP contribution in [0.4, 0.5) is 0 Å². The van der Waals surface area contributed by atoms with Crippen molar-refractivity contribution < 1.29 is 4.79 Å². The van der Waals surface area contributed by atoms with E-state index in [1.54, 1.807) is 18.3 Å². The number of halogens is 1. The second kappa shape index (κ2) is 8.59. The Labute approximate surface area is 142 Å². The van der Waals surface area contributed by atoms with Crippen molar-refractivity contribution >= 4 is 17.5 Å². The summed E-state index contributed by atoms with van der Waals surface area (Å²) in [7, 11) is 0. The number of likely N-dealkylation sites (tertiary alicyclic amines) is 1. The van der Waals surface area contributed by atoms with Crippen LogP contribution in [-0.4, -0.2) is 23.4 Å². The van der Waals surface area contributed by atoms with Gasteiger partial charge in [-0.25, -0.2) is 0 Å². The molecule has 1 unspecified atom stereocenters. The van der Waals surface area contributed by atoms with E-state index in [9.17, 15) is 10.1 Å². The van der Waals surface area contributed by atoms with Crippen LogP contribution in [0.3, 0.4) is 0 Å². The first-order valence-corrected chi connectivity index (χ1v) is 8.42. The van der Waals surface area contributed by atoms with Gasteiger partial charge in [-0.05, 0) is 43.4 Å². The summed E-state index contributed by atoms with van der Waals surface area (Å²) in [5, 5.41) is 12.7. The molecule has 1 fully saturated rings. The van der Waals surface area contributed by atoms with E-state index in [4.69, 9.17) is 11.6 Å². The van der Waals surface area contributed by atoms with Crippen LogP contribution in [0, 0.1) is 11.3 Å². The molecule has 1 aromatic rings. The van der Waals surface area contributed by atoms with Gasteiger partial charge in [0, 0.05) is 30.4 Å². The van der Waals surface area contributed by atoms with E-state index in [-0.39, 0.29) is 11.5 Å². The largest absolute Gasteiger partial charge is 0.373 e. The fourth-order valence-corrected chi connectivity index (χ4v) is 2.94. The van der Waals surface area contributed by atoms with Crippen molar-refractivity contribution in [1.82, 2.24) is 10.2 Å². The zero-order valence-corrected chi connectivity index (χ0v) is 14.1. The highest BCUT2D eigenvalue weighted by molar-refractivity contribution is 6.30. The first-order valence-electron chi connectivity index (χ1n) is 8.04. The Morgan fingerprint density at radius 2 is 2.17 bits per heavy atom. The van der Waals surface area contributed by atoms with Gasteiger partial charge in [0.2, 0.25) is 0 Å². The van der Waals surface area contributed by atoms with Gasteiger partial charge in [0.05, 0.1) is 0 Å². The monoisotopic (exact) mass is 331 g/mol. The first kappa shape index (κ1) is 17.4. The van der Waals surface area contributed by atoms with Crippen LogP contribution < -0.4 is 5.32 Å². The topological polar surface area (TPSA) is 56.1 Å². The molecule has 0 bridgehead atoms. The molecule has 0 aliphatic carbocycles. The molecule has 122 valence electrons. The summed E-state index contributed by atoms with van der Waals surface area (Å²) in [5.41, 5.74) is 1.11. The summed E-state index contributed by atoms with van der Waals surface area (Å²) in [4.78, 5) is 14.4. The highest BCUT2D eigenvalue weighted by Crippen LogP contribution is 2.20. The summed E-state index contributed by atoms with van der Waals surface area (Å²) in [5.74, 6) is -0.331. The Balaban J connectivity index is 1.98. The molecule has 1 aliphatic rings. The van der Waals surface area contributed by atoms with Crippen LogP contribution >= 0.6 is 11.6 Å². The van der Waals surface area contributed by atoms with Crippen LogP contribution in [0.25, 0.3) is 0 Å². The minimum absolute atomic E-state index is 0.166. The summed E-state index contributed by atoms with van der Waals surface area (Å²) in [6.45, 7) is 3.43. The number of piperidine rings is 1. The predicted molar refractivity (Wildman–Crippen MR) is 91.6 cm³/mol. The molecular weight excluding hydrogens is 310 g/mol. The Kier molecular flexibility index (Phi) is 6.49. The van der Waals surface area contributed by atoms with Crippen molar-refractivity contribution in [3.63, 3.8) is 0 Å². The lowest BCUT2D eigenvalue weighted by Gasteiger charge is -2.34. The van der Waals surface area contributed by atoms with Crippen molar-refractivity contribution in [3.05, 3.63) is 46.6 Å². The molecule has 1 atom stereocenters. The number of carbonyl (C=O) groups is 1.